The number of aromatic nitrogens is 1. The Labute approximate surface area is 158 Å². The Morgan fingerprint density at radius 2 is 1.65 bits per heavy atom. The molecule has 7 heteroatoms. The van der Waals surface area contributed by atoms with Crippen LogP contribution in [0.15, 0.2) is 52.5 Å². The van der Waals surface area contributed by atoms with Crippen molar-refractivity contribution in [2.75, 3.05) is 21.3 Å². The molecule has 0 saturated heterocycles. The number of methoxy groups -OCH3 is 3. The molecule has 3 rings (SSSR count). The average molecular weight is 416 g/mol. The molecular weight excluding hydrogens is 397 g/mol. The van der Waals surface area contributed by atoms with E-state index in [0.29, 0.717) is 23.0 Å². The number of hydrogen-bond donors (Lipinski definition) is 1. The number of rotatable bonds is 6. The molecule has 0 fully saturated rings. The van der Waals surface area contributed by atoms with Crippen molar-refractivity contribution in [3.63, 3.8) is 0 Å². The van der Waals surface area contributed by atoms with Gasteiger partial charge < -0.3 is 0 Å². The van der Waals surface area contributed by atoms with Crippen molar-refractivity contribution in [2.24, 2.45) is 10.9 Å². The van der Waals surface area contributed by atoms with Gasteiger partial charge in [-0.15, -0.1) is 0 Å². The molecule has 0 spiro atoms. The first-order chi connectivity index (χ1) is 12.7. The van der Waals surface area contributed by atoms with Crippen molar-refractivity contribution in [1.82, 2.24) is 4.98 Å². The van der Waals surface area contributed by atoms with Gasteiger partial charge in [-0.1, -0.05) is 0 Å². The summed E-state index contributed by atoms with van der Waals surface area (Å²) in [5.41, 5.74) is 3.40. The van der Waals surface area contributed by atoms with Crippen LogP contribution in [0.3, 0.4) is 0 Å². The summed E-state index contributed by atoms with van der Waals surface area (Å²) in [6.45, 7) is 0. The van der Waals surface area contributed by atoms with Crippen molar-refractivity contribution in [1.29, 1.82) is 0 Å². The van der Waals surface area contributed by atoms with E-state index in [-0.39, 0.29) is 14.5 Å². The SMILES string of the molecule is COc1cc(C(=NN)c2nc(-c3ccccc3)c[se]2)cc(OC)c1OC. The zero-order chi connectivity index (χ0) is 18.5. The third-order valence-electron chi connectivity index (χ3n) is 3.84. The topological polar surface area (TPSA) is 79.0 Å². The Bertz CT molecular complexity index is 898. The van der Waals surface area contributed by atoms with Crippen molar-refractivity contribution in [3.8, 4) is 28.5 Å². The van der Waals surface area contributed by atoms with E-state index in [1.54, 1.807) is 21.3 Å². The third-order valence-corrected chi connectivity index (χ3v) is 5.62. The van der Waals surface area contributed by atoms with Gasteiger partial charge in [0.05, 0.1) is 0 Å². The molecule has 0 atom stereocenters. The zero-order valence-corrected chi connectivity index (χ0v) is 16.4. The van der Waals surface area contributed by atoms with Crippen molar-refractivity contribution < 1.29 is 14.2 Å². The van der Waals surface area contributed by atoms with Gasteiger partial charge in [-0.25, -0.2) is 0 Å². The Morgan fingerprint density at radius 1 is 1.00 bits per heavy atom. The summed E-state index contributed by atoms with van der Waals surface area (Å²) in [4.78, 5) is 6.87. The minimum absolute atomic E-state index is 0.0315. The van der Waals surface area contributed by atoms with Gasteiger partial charge in [0.2, 0.25) is 0 Å². The maximum absolute atomic E-state index is 5.70. The molecule has 0 aliphatic carbocycles. The summed E-state index contributed by atoms with van der Waals surface area (Å²) in [6, 6.07) is 13.7. The molecule has 2 N–H and O–H groups in total. The molecule has 0 amide bonds. The van der Waals surface area contributed by atoms with Gasteiger partial charge in [-0.2, -0.15) is 0 Å². The number of hydrazone groups is 1. The van der Waals surface area contributed by atoms with Crippen LogP contribution in [-0.2, 0) is 0 Å². The van der Waals surface area contributed by atoms with Gasteiger partial charge in [-0.05, 0) is 0 Å². The number of ether oxygens (including phenoxy) is 3. The maximum atomic E-state index is 5.70. The van der Waals surface area contributed by atoms with Crippen LogP contribution in [0.5, 0.6) is 17.2 Å². The second-order valence-corrected chi connectivity index (χ2v) is 7.10. The minimum atomic E-state index is 0.0315. The van der Waals surface area contributed by atoms with E-state index >= 15 is 0 Å². The van der Waals surface area contributed by atoms with Gasteiger partial charge >= 0.3 is 158 Å². The molecule has 1 aromatic heterocycles. The number of benzene rings is 2. The molecule has 0 unspecified atom stereocenters. The predicted octanol–water partition coefficient (Wildman–Crippen LogP) is 2.54. The summed E-state index contributed by atoms with van der Waals surface area (Å²) < 4.78 is 17.1. The van der Waals surface area contributed by atoms with Crippen LogP contribution < -0.4 is 20.1 Å². The van der Waals surface area contributed by atoms with Crippen molar-refractivity contribution in [2.45, 2.75) is 0 Å². The second-order valence-electron chi connectivity index (χ2n) is 5.30. The number of hydrogen-bond acceptors (Lipinski definition) is 6. The predicted molar refractivity (Wildman–Crippen MR) is 103 cm³/mol. The molecule has 6 nitrogen and oxygen atoms in total. The second kappa shape index (κ2) is 8.08. The molecule has 1 heterocycles. The van der Waals surface area contributed by atoms with E-state index < -0.39 is 0 Å². The van der Waals surface area contributed by atoms with Gasteiger partial charge in [0, 0.05) is 0 Å². The van der Waals surface area contributed by atoms with Gasteiger partial charge in [-0.3, -0.25) is 0 Å². The van der Waals surface area contributed by atoms with E-state index in [1.165, 1.54) is 0 Å². The first-order valence-corrected chi connectivity index (χ1v) is 9.66. The van der Waals surface area contributed by atoms with E-state index in [1.807, 2.05) is 42.5 Å². The van der Waals surface area contributed by atoms with E-state index in [9.17, 15) is 0 Å². The first kappa shape index (κ1) is 18.0. The molecule has 0 saturated carbocycles. The van der Waals surface area contributed by atoms with Crippen molar-refractivity contribution in [3.05, 3.63) is 57.5 Å². The monoisotopic (exact) mass is 417 g/mol. The zero-order valence-electron chi connectivity index (χ0n) is 14.7. The van der Waals surface area contributed by atoms with Crippen LogP contribution in [0.25, 0.3) is 11.3 Å². The first-order valence-electron chi connectivity index (χ1n) is 7.81. The fourth-order valence-corrected chi connectivity index (χ4v) is 4.37. The molecule has 26 heavy (non-hydrogen) atoms. The van der Waals surface area contributed by atoms with Crippen LogP contribution in [0.1, 0.15) is 10.1 Å². The molecule has 2 aromatic carbocycles. The summed E-state index contributed by atoms with van der Waals surface area (Å²) in [7, 11) is 4.72. The third kappa shape index (κ3) is 3.45. The standard InChI is InChI=1S/C19H19N3O3Se/c1-23-15-9-13(10-16(24-2)18(15)25-3)17(22-20)19-21-14(11-26-19)12-7-5-4-6-8-12/h4-11H,20H2,1-3H3. The van der Waals surface area contributed by atoms with Crippen LogP contribution in [-0.4, -0.2) is 46.5 Å². The Kier molecular flexibility index (Phi) is 5.61. The summed E-state index contributed by atoms with van der Waals surface area (Å²) in [6.07, 6.45) is 0. The molecule has 134 valence electrons. The van der Waals surface area contributed by atoms with Crippen LogP contribution in [0, 0.1) is 0 Å². The summed E-state index contributed by atoms with van der Waals surface area (Å²) >= 11 is 0.0315. The van der Waals surface area contributed by atoms with E-state index in [2.05, 4.69) is 10.0 Å². The van der Waals surface area contributed by atoms with Crippen LogP contribution in [0.2, 0.25) is 0 Å². The van der Waals surface area contributed by atoms with Gasteiger partial charge in [0.25, 0.3) is 0 Å². The molecule has 0 aliphatic heterocycles. The van der Waals surface area contributed by atoms with Crippen LogP contribution in [0.4, 0.5) is 0 Å². The normalized spacial score (nSPS) is 11.3. The molecule has 3 aromatic rings. The number of nitrogens with two attached hydrogens (primary N) is 1. The molecule has 0 bridgehead atoms. The molecule has 0 aliphatic rings. The molecular formula is C19H19N3O3Se. The quantitative estimate of drug-likeness (QED) is 0.289. The molecule has 0 radical (unpaired) electrons. The fraction of sp³-hybridized carbons (Fsp3) is 0.158. The summed E-state index contributed by atoms with van der Waals surface area (Å²) in [5, 5.41) is 3.99. The van der Waals surface area contributed by atoms with Gasteiger partial charge in [0.1, 0.15) is 0 Å². The van der Waals surface area contributed by atoms with Crippen molar-refractivity contribution >= 4 is 20.2 Å². The van der Waals surface area contributed by atoms with Gasteiger partial charge in [0.15, 0.2) is 0 Å². The number of nitrogens with zero attached hydrogens (tertiary/aromatic N) is 2. The van der Waals surface area contributed by atoms with Crippen LogP contribution >= 0.6 is 0 Å². The summed E-state index contributed by atoms with van der Waals surface area (Å²) in [5.74, 6) is 7.32. The Morgan fingerprint density at radius 3 is 2.19 bits per heavy atom. The van der Waals surface area contributed by atoms with E-state index in [4.69, 9.17) is 25.0 Å². The fourth-order valence-electron chi connectivity index (χ4n) is 2.60. The average Bonchev–Trinajstić information content (AvgIpc) is 3.18. The Balaban J connectivity index is 2.04. The Hall–Kier alpha value is -2.76. The van der Waals surface area contributed by atoms with E-state index in [0.717, 1.165) is 21.4 Å².